The van der Waals surface area contributed by atoms with Crippen molar-refractivity contribution in [2.45, 2.75) is 19.4 Å². The van der Waals surface area contributed by atoms with Crippen LogP contribution >= 0.6 is 0 Å². The van der Waals surface area contributed by atoms with Gasteiger partial charge in [0.2, 0.25) is 0 Å². The van der Waals surface area contributed by atoms with E-state index in [9.17, 15) is 0 Å². The maximum absolute atomic E-state index is 8.71. The summed E-state index contributed by atoms with van der Waals surface area (Å²) in [5, 5.41) is 8.71. The molecular weight excluding hydrogens is 200 g/mol. The van der Waals surface area contributed by atoms with Crippen molar-refractivity contribution < 1.29 is 4.74 Å². The third kappa shape index (κ3) is 3.56. The second-order valence-corrected chi connectivity index (χ2v) is 4.06. The van der Waals surface area contributed by atoms with Crippen LogP contribution in [0.25, 0.3) is 0 Å². The summed E-state index contributed by atoms with van der Waals surface area (Å²) in [6.07, 6.45) is 0.485. The fourth-order valence-electron chi connectivity index (χ4n) is 1.40. The molecular formula is C13H18N2O. The van der Waals surface area contributed by atoms with Gasteiger partial charge in [0.25, 0.3) is 0 Å². The Labute approximate surface area is 97.3 Å². The molecule has 0 saturated carbocycles. The van der Waals surface area contributed by atoms with Gasteiger partial charge in [-0.15, -0.1) is 0 Å². The summed E-state index contributed by atoms with van der Waals surface area (Å²) in [5.74, 6) is 0.896. The SMILES string of the molecule is Cc1ccccc1OCC(CC#N)N(C)C. The molecule has 0 aliphatic heterocycles. The number of rotatable bonds is 5. The number of benzene rings is 1. The zero-order chi connectivity index (χ0) is 12.0. The van der Waals surface area contributed by atoms with Crippen molar-refractivity contribution in [2.24, 2.45) is 0 Å². The standard InChI is InChI=1S/C13H18N2O/c1-11-6-4-5-7-13(11)16-10-12(8-9-14)15(2)3/h4-7,12H,8,10H2,1-3H3. The fourth-order valence-corrected chi connectivity index (χ4v) is 1.40. The molecule has 0 radical (unpaired) electrons. The summed E-state index contributed by atoms with van der Waals surface area (Å²) in [4.78, 5) is 2.02. The lowest BCUT2D eigenvalue weighted by molar-refractivity contribution is 0.187. The first-order valence-corrected chi connectivity index (χ1v) is 5.37. The van der Waals surface area contributed by atoms with Gasteiger partial charge in [0.15, 0.2) is 0 Å². The number of nitrogens with zero attached hydrogens (tertiary/aromatic N) is 2. The molecule has 0 saturated heterocycles. The smallest absolute Gasteiger partial charge is 0.122 e. The maximum Gasteiger partial charge on any atom is 0.122 e. The van der Waals surface area contributed by atoms with Gasteiger partial charge >= 0.3 is 0 Å². The van der Waals surface area contributed by atoms with Gasteiger partial charge in [-0.1, -0.05) is 18.2 Å². The Kier molecular flexibility index (Phi) is 4.81. The largest absolute Gasteiger partial charge is 0.492 e. The van der Waals surface area contributed by atoms with Crippen LogP contribution in [0.3, 0.4) is 0 Å². The molecule has 0 N–H and O–H groups in total. The lowest BCUT2D eigenvalue weighted by atomic mass is 10.2. The summed E-state index contributed by atoms with van der Waals surface area (Å²) in [7, 11) is 3.92. The number of para-hydroxylation sites is 1. The zero-order valence-electron chi connectivity index (χ0n) is 10.1. The van der Waals surface area contributed by atoms with E-state index in [0.29, 0.717) is 13.0 Å². The van der Waals surface area contributed by atoms with Crippen LogP contribution in [0, 0.1) is 18.3 Å². The first-order chi connectivity index (χ1) is 7.65. The van der Waals surface area contributed by atoms with E-state index < -0.39 is 0 Å². The molecule has 1 rings (SSSR count). The lowest BCUT2D eigenvalue weighted by Crippen LogP contribution is -2.33. The highest BCUT2D eigenvalue weighted by Crippen LogP contribution is 2.17. The maximum atomic E-state index is 8.71. The van der Waals surface area contributed by atoms with Crippen molar-refractivity contribution >= 4 is 0 Å². The highest BCUT2D eigenvalue weighted by atomic mass is 16.5. The summed E-state index contributed by atoms with van der Waals surface area (Å²) < 4.78 is 5.72. The molecule has 0 heterocycles. The van der Waals surface area contributed by atoms with E-state index in [0.717, 1.165) is 11.3 Å². The molecule has 0 aliphatic rings. The number of hydrogen-bond acceptors (Lipinski definition) is 3. The van der Waals surface area contributed by atoms with E-state index in [4.69, 9.17) is 10.00 Å². The molecule has 0 fully saturated rings. The van der Waals surface area contributed by atoms with Crippen molar-refractivity contribution in [1.29, 1.82) is 5.26 Å². The number of ether oxygens (including phenoxy) is 1. The van der Waals surface area contributed by atoms with Crippen molar-refractivity contribution in [3.8, 4) is 11.8 Å². The molecule has 0 bridgehead atoms. The predicted molar refractivity (Wildman–Crippen MR) is 64.4 cm³/mol. The average molecular weight is 218 g/mol. The topological polar surface area (TPSA) is 36.3 Å². The van der Waals surface area contributed by atoms with Crippen LogP contribution < -0.4 is 4.74 Å². The monoisotopic (exact) mass is 218 g/mol. The fraction of sp³-hybridized carbons (Fsp3) is 0.462. The molecule has 86 valence electrons. The molecule has 3 nitrogen and oxygen atoms in total. The lowest BCUT2D eigenvalue weighted by Gasteiger charge is -2.22. The number of nitriles is 1. The number of hydrogen-bond donors (Lipinski definition) is 0. The minimum atomic E-state index is 0.143. The molecule has 1 atom stereocenters. The highest BCUT2D eigenvalue weighted by Gasteiger charge is 2.12. The molecule has 0 aliphatic carbocycles. The molecule has 16 heavy (non-hydrogen) atoms. The van der Waals surface area contributed by atoms with E-state index in [2.05, 4.69) is 6.07 Å². The Hall–Kier alpha value is -1.53. The second kappa shape index (κ2) is 6.14. The van der Waals surface area contributed by atoms with Gasteiger partial charge in [0.05, 0.1) is 18.5 Å². The van der Waals surface area contributed by atoms with Crippen LogP contribution in [-0.4, -0.2) is 31.6 Å². The van der Waals surface area contributed by atoms with Gasteiger partial charge < -0.3 is 9.64 Å². The van der Waals surface area contributed by atoms with Gasteiger partial charge in [-0.05, 0) is 32.6 Å². The van der Waals surface area contributed by atoms with Gasteiger partial charge in [0.1, 0.15) is 12.4 Å². The van der Waals surface area contributed by atoms with Crippen LogP contribution in [0.2, 0.25) is 0 Å². The Morgan fingerprint density at radius 3 is 2.62 bits per heavy atom. The normalized spacial score (nSPS) is 12.2. The van der Waals surface area contributed by atoms with Gasteiger partial charge in [-0.25, -0.2) is 0 Å². The van der Waals surface area contributed by atoms with Gasteiger partial charge in [-0.2, -0.15) is 5.26 Å². The molecule has 0 spiro atoms. The van der Waals surface area contributed by atoms with E-state index in [1.807, 2.05) is 50.2 Å². The third-order valence-corrected chi connectivity index (χ3v) is 2.58. The first-order valence-electron chi connectivity index (χ1n) is 5.37. The van der Waals surface area contributed by atoms with Crippen LogP contribution in [0.5, 0.6) is 5.75 Å². The Morgan fingerprint density at radius 2 is 2.06 bits per heavy atom. The summed E-state index contributed by atoms with van der Waals surface area (Å²) in [6, 6.07) is 10.2. The van der Waals surface area contributed by atoms with E-state index in [1.54, 1.807) is 0 Å². The Morgan fingerprint density at radius 1 is 1.38 bits per heavy atom. The van der Waals surface area contributed by atoms with Crippen LogP contribution in [0.4, 0.5) is 0 Å². The average Bonchev–Trinajstić information content (AvgIpc) is 2.26. The van der Waals surface area contributed by atoms with Crippen molar-refractivity contribution in [3.05, 3.63) is 29.8 Å². The van der Waals surface area contributed by atoms with Crippen LogP contribution in [-0.2, 0) is 0 Å². The molecule has 1 aromatic rings. The van der Waals surface area contributed by atoms with Crippen LogP contribution in [0.1, 0.15) is 12.0 Å². The Bertz CT molecular complexity index is 368. The van der Waals surface area contributed by atoms with E-state index >= 15 is 0 Å². The molecule has 0 aromatic heterocycles. The summed E-state index contributed by atoms with van der Waals surface area (Å²) in [6.45, 7) is 2.57. The van der Waals surface area contributed by atoms with E-state index in [1.165, 1.54) is 0 Å². The predicted octanol–water partition coefficient (Wildman–Crippen LogP) is 2.22. The van der Waals surface area contributed by atoms with Crippen molar-refractivity contribution in [1.82, 2.24) is 4.90 Å². The quantitative estimate of drug-likeness (QED) is 0.760. The minimum absolute atomic E-state index is 0.143. The summed E-state index contributed by atoms with van der Waals surface area (Å²) >= 11 is 0. The summed E-state index contributed by atoms with van der Waals surface area (Å²) in [5.41, 5.74) is 1.12. The number of likely N-dealkylation sites (N-methyl/N-ethyl adjacent to an activating group) is 1. The second-order valence-electron chi connectivity index (χ2n) is 4.06. The molecule has 0 amide bonds. The first kappa shape index (κ1) is 12.5. The highest BCUT2D eigenvalue weighted by molar-refractivity contribution is 5.31. The number of aryl methyl sites for hydroxylation is 1. The van der Waals surface area contributed by atoms with Crippen LogP contribution in [0.15, 0.2) is 24.3 Å². The molecule has 1 unspecified atom stereocenters. The van der Waals surface area contributed by atoms with E-state index in [-0.39, 0.29) is 6.04 Å². The zero-order valence-corrected chi connectivity index (χ0v) is 10.1. The van der Waals surface area contributed by atoms with Crippen molar-refractivity contribution in [2.75, 3.05) is 20.7 Å². The van der Waals surface area contributed by atoms with Crippen molar-refractivity contribution in [3.63, 3.8) is 0 Å². The van der Waals surface area contributed by atoms with Gasteiger partial charge in [-0.3, -0.25) is 0 Å². The Balaban J connectivity index is 2.56. The molecule has 3 heteroatoms. The van der Waals surface area contributed by atoms with Gasteiger partial charge in [0, 0.05) is 0 Å². The minimum Gasteiger partial charge on any atom is -0.492 e. The molecule has 1 aromatic carbocycles. The third-order valence-electron chi connectivity index (χ3n) is 2.58.